The summed E-state index contributed by atoms with van der Waals surface area (Å²) < 4.78 is 2.34. The summed E-state index contributed by atoms with van der Waals surface area (Å²) in [6.07, 6.45) is 4.97. The van der Waals surface area contributed by atoms with Gasteiger partial charge in [0.1, 0.15) is 11.3 Å². The van der Waals surface area contributed by atoms with Crippen molar-refractivity contribution in [1.29, 1.82) is 0 Å². The fourth-order valence-corrected chi connectivity index (χ4v) is 3.63. The molecule has 2 aromatic rings. The number of benzene rings is 1. The minimum atomic E-state index is -0.0992. The lowest BCUT2D eigenvalue weighted by molar-refractivity contribution is 0.289. The van der Waals surface area contributed by atoms with Crippen molar-refractivity contribution in [2.45, 2.75) is 50.9 Å². The van der Waals surface area contributed by atoms with Crippen molar-refractivity contribution >= 4 is 34.2 Å². The van der Waals surface area contributed by atoms with Gasteiger partial charge in [-0.15, -0.1) is 11.6 Å². The third-order valence-corrected chi connectivity index (χ3v) is 4.90. The van der Waals surface area contributed by atoms with Crippen LogP contribution in [0.15, 0.2) is 18.2 Å². The molecule has 0 bridgehead atoms. The summed E-state index contributed by atoms with van der Waals surface area (Å²) >= 11 is 12.6. The van der Waals surface area contributed by atoms with Gasteiger partial charge in [0, 0.05) is 6.04 Å². The first kappa shape index (κ1) is 14.2. The second kappa shape index (κ2) is 5.57. The Hall–Kier alpha value is -0.730. The molecule has 108 valence electrons. The number of aromatic nitrogens is 2. The molecule has 1 aromatic carbocycles. The summed E-state index contributed by atoms with van der Waals surface area (Å²) in [6.45, 7) is 4.32. The highest BCUT2D eigenvalue weighted by atomic mass is 35.5. The Kier molecular flexibility index (Phi) is 3.96. The third kappa shape index (κ3) is 2.44. The Labute approximate surface area is 130 Å². The Morgan fingerprint density at radius 3 is 2.60 bits per heavy atom. The number of halogens is 2. The van der Waals surface area contributed by atoms with E-state index in [0.717, 1.165) is 22.8 Å². The van der Waals surface area contributed by atoms with Crippen molar-refractivity contribution in [2.24, 2.45) is 5.92 Å². The first-order chi connectivity index (χ1) is 9.58. The highest BCUT2D eigenvalue weighted by Gasteiger charge is 2.25. The molecule has 0 N–H and O–H groups in total. The normalized spacial score (nSPS) is 25.0. The van der Waals surface area contributed by atoms with E-state index in [4.69, 9.17) is 28.2 Å². The molecule has 0 radical (unpaired) electrons. The quantitative estimate of drug-likeness (QED) is 0.647. The van der Waals surface area contributed by atoms with Crippen molar-refractivity contribution in [3.8, 4) is 0 Å². The zero-order valence-corrected chi connectivity index (χ0v) is 13.5. The lowest BCUT2D eigenvalue weighted by Crippen LogP contribution is -2.18. The van der Waals surface area contributed by atoms with Crippen LogP contribution < -0.4 is 0 Å². The Morgan fingerprint density at radius 2 is 1.95 bits per heavy atom. The first-order valence-corrected chi connectivity index (χ1v) is 8.19. The van der Waals surface area contributed by atoms with Crippen LogP contribution in [0, 0.1) is 5.92 Å². The van der Waals surface area contributed by atoms with E-state index in [-0.39, 0.29) is 5.38 Å². The van der Waals surface area contributed by atoms with Crippen LogP contribution in [-0.2, 0) is 0 Å². The number of fused-ring (bicyclic) bond motifs is 1. The van der Waals surface area contributed by atoms with Crippen LogP contribution in [0.5, 0.6) is 0 Å². The number of para-hydroxylation sites is 1. The second-order valence-corrected chi connectivity index (χ2v) is 7.04. The molecule has 0 saturated heterocycles. The van der Waals surface area contributed by atoms with Crippen LogP contribution in [0.25, 0.3) is 11.0 Å². The monoisotopic (exact) mass is 310 g/mol. The summed E-state index contributed by atoms with van der Waals surface area (Å²) in [6, 6.07) is 6.50. The van der Waals surface area contributed by atoms with Crippen LogP contribution in [0.2, 0.25) is 5.02 Å². The van der Waals surface area contributed by atoms with Gasteiger partial charge in [0.2, 0.25) is 0 Å². The molecule has 1 heterocycles. The van der Waals surface area contributed by atoms with Crippen LogP contribution in [0.3, 0.4) is 0 Å². The standard InChI is InChI=1S/C16H20Cl2N2/c1-10-6-8-12(9-7-10)20-14-5-3-4-13(18)15(14)19-16(20)11(2)17/h3-5,10-12H,6-9H2,1-2H3. The van der Waals surface area contributed by atoms with Gasteiger partial charge in [0.15, 0.2) is 0 Å². The SMILES string of the molecule is CC1CCC(n2c(C(C)Cl)nc3c(Cl)cccc32)CC1. The molecule has 1 aromatic heterocycles. The Morgan fingerprint density at radius 1 is 1.25 bits per heavy atom. The molecule has 0 aliphatic heterocycles. The van der Waals surface area contributed by atoms with Gasteiger partial charge in [0.05, 0.1) is 15.9 Å². The van der Waals surface area contributed by atoms with Gasteiger partial charge in [-0.25, -0.2) is 4.98 Å². The molecule has 1 saturated carbocycles. The molecule has 1 aliphatic carbocycles. The molecule has 1 unspecified atom stereocenters. The topological polar surface area (TPSA) is 17.8 Å². The molecular formula is C16H20Cl2N2. The van der Waals surface area contributed by atoms with Crippen LogP contribution in [-0.4, -0.2) is 9.55 Å². The Bertz CT molecular complexity index is 610. The number of nitrogens with zero attached hydrogens (tertiary/aromatic N) is 2. The zero-order valence-electron chi connectivity index (χ0n) is 11.9. The van der Waals surface area contributed by atoms with Gasteiger partial charge in [-0.1, -0.05) is 24.6 Å². The molecule has 2 nitrogen and oxygen atoms in total. The molecule has 3 rings (SSSR count). The molecule has 0 spiro atoms. The number of imidazole rings is 1. The summed E-state index contributed by atoms with van der Waals surface area (Å²) in [5.74, 6) is 1.79. The van der Waals surface area contributed by atoms with E-state index in [1.807, 2.05) is 19.1 Å². The van der Waals surface area contributed by atoms with Crippen LogP contribution in [0.1, 0.15) is 56.8 Å². The second-order valence-electron chi connectivity index (χ2n) is 5.98. The number of hydrogen-bond donors (Lipinski definition) is 0. The third-order valence-electron chi connectivity index (χ3n) is 4.40. The number of rotatable bonds is 2. The number of alkyl halides is 1. The smallest absolute Gasteiger partial charge is 0.128 e. The van der Waals surface area contributed by atoms with E-state index in [0.29, 0.717) is 11.1 Å². The minimum absolute atomic E-state index is 0.0992. The first-order valence-electron chi connectivity index (χ1n) is 7.38. The average Bonchev–Trinajstić information content (AvgIpc) is 2.81. The van der Waals surface area contributed by atoms with Gasteiger partial charge in [-0.05, 0) is 50.7 Å². The molecule has 4 heteroatoms. The van der Waals surface area contributed by atoms with E-state index in [2.05, 4.69) is 17.6 Å². The predicted molar refractivity (Wildman–Crippen MR) is 85.7 cm³/mol. The van der Waals surface area contributed by atoms with E-state index in [1.165, 1.54) is 25.7 Å². The highest BCUT2D eigenvalue weighted by molar-refractivity contribution is 6.35. The largest absolute Gasteiger partial charge is 0.324 e. The van der Waals surface area contributed by atoms with E-state index in [9.17, 15) is 0 Å². The van der Waals surface area contributed by atoms with Gasteiger partial charge in [-0.2, -0.15) is 0 Å². The maximum atomic E-state index is 6.35. The average molecular weight is 311 g/mol. The number of hydrogen-bond acceptors (Lipinski definition) is 1. The molecule has 0 amide bonds. The van der Waals surface area contributed by atoms with E-state index >= 15 is 0 Å². The molecule has 1 atom stereocenters. The predicted octanol–water partition coefficient (Wildman–Crippen LogP) is 5.74. The zero-order chi connectivity index (χ0) is 14.3. The summed E-state index contributed by atoms with van der Waals surface area (Å²) in [5, 5.41) is 0.613. The molecule has 20 heavy (non-hydrogen) atoms. The maximum Gasteiger partial charge on any atom is 0.128 e. The maximum absolute atomic E-state index is 6.35. The fraction of sp³-hybridized carbons (Fsp3) is 0.562. The van der Waals surface area contributed by atoms with Crippen LogP contribution in [0.4, 0.5) is 0 Å². The summed E-state index contributed by atoms with van der Waals surface area (Å²) in [7, 11) is 0. The summed E-state index contributed by atoms with van der Waals surface area (Å²) in [5.41, 5.74) is 2.01. The van der Waals surface area contributed by atoms with Crippen molar-refractivity contribution < 1.29 is 0 Å². The summed E-state index contributed by atoms with van der Waals surface area (Å²) in [4.78, 5) is 4.71. The molecule has 1 aliphatic rings. The van der Waals surface area contributed by atoms with Crippen LogP contribution >= 0.6 is 23.2 Å². The van der Waals surface area contributed by atoms with Gasteiger partial charge in [0.25, 0.3) is 0 Å². The van der Waals surface area contributed by atoms with Crippen molar-refractivity contribution in [3.05, 3.63) is 29.0 Å². The van der Waals surface area contributed by atoms with E-state index in [1.54, 1.807) is 0 Å². The van der Waals surface area contributed by atoms with Crippen molar-refractivity contribution in [3.63, 3.8) is 0 Å². The van der Waals surface area contributed by atoms with Crippen molar-refractivity contribution in [2.75, 3.05) is 0 Å². The van der Waals surface area contributed by atoms with E-state index < -0.39 is 0 Å². The Balaban J connectivity index is 2.12. The van der Waals surface area contributed by atoms with Gasteiger partial charge < -0.3 is 4.57 Å². The van der Waals surface area contributed by atoms with Crippen molar-refractivity contribution in [1.82, 2.24) is 9.55 Å². The van der Waals surface area contributed by atoms with Gasteiger partial charge in [-0.3, -0.25) is 0 Å². The minimum Gasteiger partial charge on any atom is -0.324 e. The highest BCUT2D eigenvalue weighted by Crippen LogP contribution is 2.38. The lowest BCUT2D eigenvalue weighted by atomic mass is 9.87. The van der Waals surface area contributed by atoms with Gasteiger partial charge >= 0.3 is 0 Å². The molecular weight excluding hydrogens is 291 g/mol. The molecule has 1 fully saturated rings. The lowest BCUT2D eigenvalue weighted by Gasteiger charge is -2.29. The fourth-order valence-electron chi connectivity index (χ4n) is 3.27.